The minimum atomic E-state index is -0.774. The molecule has 0 radical (unpaired) electrons. The van der Waals surface area contributed by atoms with Crippen LogP contribution in [0.5, 0.6) is 11.5 Å². The van der Waals surface area contributed by atoms with Gasteiger partial charge in [0, 0.05) is 31.0 Å². The molecule has 3 heterocycles. The van der Waals surface area contributed by atoms with Crippen LogP contribution in [0.3, 0.4) is 0 Å². The number of para-hydroxylation sites is 1. The van der Waals surface area contributed by atoms with Gasteiger partial charge in [0.2, 0.25) is 5.91 Å². The Hall–Kier alpha value is -4.34. The molecule has 0 bridgehead atoms. The van der Waals surface area contributed by atoms with Crippen molar-refractivity contribution < 1.29 is 23.9 Å². The number of methoxy groups -OCH3 is 2. The number of hydrogen-bond acceptors (Lipinski definition) is 6. The van der Waals surface area contributed by atoms with Gasteiger partial charge in [0.25, 0.3) is 11.8 Å². The zero-order valence-corrected chi connectivity index (χ0v) is 18.7. The summed E-state index contributed by atoms with van der Waals surface area (Å²) in [6, 6.07) is 10.3. The van der Waals surface area contributed by atoms with Crippen LogP contribution in [0.25, 0.3) is 0 Å². The number of carbonyl (C=O) groups is 3. The molecular weight excluding hydrogens is 438 g/mol. The maximum atomic E-state index is 13.6. The lowest BCUT2D eigenvalue weighted by Gasteiger charge is -2.40. The Bertz CT molecular complexity index is 1270. The fraction of sp³-hybridized carbons (Fsp3) is 0.250. The summed E-state index contributed by atoms with van der Waals surface area (Å²) in [5.74, 6) is -0.251. The second-order valence-corrected chi connectivity index (χ2v) is 7.91. The molecule has 0 aliphatic carbocycles. The van der Waals surface area contributed by atoms with E-state index in [9.17, 15) is 14.4 Å². The van der Waals surface area contributed by atoms with Gasteiger partial charge in [-0.1, -0.05) is 18.2 Å². The first-order chi connectivity index (χ1) is 16.5. The number of rotatable bonds is 7. The molecule has 0 spiro atoms. The monoisotopic (exact) mass is 461 g/mol. The molecule has 2 aromatic carbocycles. The number of nitrogens with zero attached hydrogens (tertiary/aromatic N) is 4. The van der Waals surface area contributed by atoms with Crippen molar-refractivity contribution in [2.45, 2.75) is 12.7 Å². The van der Waals surface area contributed by atoms with Gasteiger partial charge < -0.3 is 24.3 Å². The molecule has 0 fully saturated rings. The van der Waals surface area contributed by atoms with E-state index in [0.717, 1.165) is 0 Å². The van der Waals surface area contributed by atoms with E-state index in [4.69, 9.17) is 9.47 Å². The van der Waals surface area contributed by atoms with Gasteiger partial charge in [-0.05, 0) is 18.2 Å². The standard InChI is InChI=1S/C24H23N5O5/c1-33-18-8-7-16-20(21(18)34-2)24(32)29-17-6-4-3-5-15(17)23(31)28(22(16)29)13-19(30)26-10-12-27-11-9-25-14-27/h3-9,11,14,22H,10,12-13H2,1-2H3,(H,26,30)/t22-/m0/s1. The van der Waals surface area contributed by atoms with Gasteiger partial charge in [-0.25, -0.2) is 4.98 Å². The zero-order valence-electron chi connectivity index (χ0n) is 18.7. The number of benzene rings is 2. The van der Waals surface area contributed by atoms with Crippen molar-refractivity contribution in [1.29, 1.82) is 0 Å². The molecule has 1 aromatic heterocycles. The topological polar surface area (TPSA) is 106 Å². The van der Waals surface area contributed by atoms with Gasteiger partial charge in [-0.15, -0.1) is 0 Å². The first-order valence-electron chi connectivity index (χ1n) is 10.8. The molecule has 0 saturated carbocycles. The molecule has 10 heteroatoms. The highest BCUT2D eigenvalue weighted by Gasteiger charge is 2.50. The van der Waals surface area contributed by atoms with Crippen LogP contribution in [-0.2, 0) is 11.3 Å². The summed E-state index contributed by atoms with van der Waals surface area (Å²) < 4.78 is 12.7. The third-order valence-electron chi connectivity index (χ3n) is 6.05. The number of imidazole rings is 1. The molecule has 1 N–H and O–H groups in total. The molecule has 2 aliphatic heterocycles. The van der Waals surface area contributed by atoms with Crippen molar-refractivity contribution in [2.24, 2.45) is 0 Å². The Labute approximate surface area is 195 Å². The van der Waals surface area contributed by atoms with Crippen molar-refractivity contribution in [3.63, 3.8) is 0 Å². The number of nitrogens with one attached hydrogen (secondary N) is 1. The number of aromatic nitrogens is 2. The Kier molecular flexibility index (Phi) is 5.40. The molecule has 10 nitrogen and oxygen atoms in total. The summed E-state index contributed by atoms with van der Waals surface area (Å²) in [5, 5.41) is 2.84. The fourth-order valence-electron chi connectivity index (χ4n) is 4.54. The van der Waals surface area contributed by atoms with Crippen molar-refractivity contribution in [3.05, 3.63) is 71.8 Å². The first kappa shape index (κ1) is 21.5. The summed E-state index contributed by atoms with van der Waals surface area (Å²) in [6.45, 7) is 0.721. The van der Waals surface area contributed by atoms with Crippen LogP contribution in [0, 0.1) is 0 Å². The van der Waals surface area contributed by atoms with Gasteiger partial charge in [0.15, 0.2) is 11.5 Å². The van der Waals surface area contributed by atoms with Crippen LogP contribution in [0.4, 0.5) is 5.69 Å². The molecule has 3 aromatic rings. The van der Waals surface area contributed by atoms with E-state index in [1.54, 1.807) is 60.0 Å². The molecule has 1 atom stereocenters. The predicted molar refractivity (Wildman–Crippen MR) is 122 cm³/mol. The average Bonchev–Trinajstić information content (AvgIpc) is 3.47. The van der Waals surface area contributed by atoms with Crippen LogP contribution in [0.15, 0.2) is 55.1 Å². The van der Waals surface area contributed by atoms with Crippen LogP contribution in [0.1, 0.15) is 32.4 Å². The number of fused-ring (bicyclic) bond motifs is 5. The highest BCUT2D eigenvalue weighted by Crippen LogP contribution is 2.49. The maximum absolute atomic E-state index is 13.6. The molecule has 2 aliphatic rings. The van der Waals surface area contributed by atoms with E-state index < -0.39 is 6.17 Å². The Morgan fingerprint density at radius 3 is 2.65 bits per heavy atom. The molecule has 0 unspecified atom stereocenters. The van der Waals surface area contributed by atoms with Crippen molar-refractivity contribution >= 4 is 23.4 Å². The fourth-order valence-corrected chi connectivity index (χ4v) is 4.54. The SMILES string of the molecule is COc1ccc2c(c1OC)C(=O)N1c3ccccc3C(=O)N(CC(=O)NCCn3ccnc3)[C@H]21. The quantitative estimate of drug-likeness (QED) is 0.576. The second-order valence-electron chi connectivity index (χ2n) is 7.91. The highest BCUT2D eigenvalue weighted by atomic mass is 16.5. The number of carbonyl (C=O) groups excluding carboxylic acids is 3. The normalized spacial score (nSPS) is 16.1. The first-order valence-corrected chi connectivity index (χ1v) is 10.8. The molecule has 174 valence electrons. The summed E-state index contributed by atoms with van der Waals surface area (Å²) in [7, 11) is 2.96. The summed E-state index contributed by atoms with van der Waals surface area (Å²) in [5.41, 5.74) is 1.76. The number of hydrogen-bond donors (Lipinski definition) is 1. The van der Waals surface area contributed by atoms with Gasteiger partial charge in [-0.2, -0.15) is 0 Å². The molecule has 34 heavy (non-hydrogen) atoms. The van der Waals surface area contributed by atoms with Crippen LogP contribution < -0.4 is 19.7 Å². The van der Waals surface area contributed by atoms with E-state index in [2.05, 4.69) is 10.3 Å². The van der Waals surface area contributed by atoms with E-state index in [1.807, 2.05) is 4.57 Å². The molecule has 3 amide bonds. The van der Waals surface area contributed by atoms with Gasteiger partial charge >= 0.3 is 0 Å². The minimum absolute atomic E-state index is 0.209. The lowest BCUT2D eigenvalue weighted by Crippen LogP contribution is -2.51. The van der Waals surface area contributed by atoms with Gasteiger partial charge in [-0.3, -0.25) is 19.3 Å². The number of ether oxygens (including phenoxy) is 2. The predicted octanol–water partition coefficient (Wildman–Crippen LogP) is 1.83. The number of amides is 3. The number of anilines is 1. The summed E-state index contributed by atoms with van der Waals surface area (Å²) in [4.78, 5) is 46.9. The van der Waals surface area contributed by atoms with E-state index in [0.29, 0.717) is 47.0 Å². The molecule has 0 saturated heterocycles. The zero-order chi connectivity index (χ0) is 23.8. The summed E-state index contributed by atoms with van der Waals surface area (Å²) >= 11 is 0. The van der Waals surface area contributed by atoms with Crippen molar-refractivity contribution in [1.82, 2.24) is 19.8 Å². The molecular formula is C24H23N5O5. The second kappa shape index (κ2) is 8.54. The molecule has 5 rings (SSSR count). The Morgan fingerprint density at radius 1 is 1.09 bits per heavy atom. The third-order valence-corrected chi connectivity index (χ3v) is 6.05. The maximum Gasteiger partial charge on any atom is 0.264 e. The van der Waals surface area contributed by atoms with E-state index >= 15 is 0 Å². The van der Waals surface area contributed by atoms with Crippen LogP contribution in [0.2, 0.25) is 0 Å². The van der Waals surface area contributed by atoms with Crippen molar-refractivity contribution in [2.75, 3.05) is 32.2 Å². The third kappa shape index (κ3) is 3.35. The Morgan fingerprint density at radius 2 is 1.91 bits per heavy atom. The largest absolute Gasteiger partial charge is 0.493 e. The van der Waals surface area contributed by atoms with E-state index in [-0.39, 0.29) is 24.3 Å². The van der Waals surface area contributed by atoms with Crippen molar-refractivity contribution in [3.8, 4) is 11.5 Å². The lowest BCUT2D eigenvalue weighted by molar-refractivity contribution is -0.122. The average molecular weight is 461 g/mol. The smallest absolute Gasteiger partial charge is 0.264 e. The summed E-state index contributed by atoms with van der Waals surface area (Å²) in [6.07, 6.45) is 4.36. The van der Waals surface area contributed by atoms with Gasteiger partial charge in [0.1, 0.15) is 12.7 Å². The van der Waals surface area contributed by atoms with Crippen LogP contribution in [-0.4, -0.2) is 59.5 Å². The van der Waals surface area contributed by atoms with E-state index in [1.165, 1.54) is 19.1 Å². The van der Waals surface area contributed by atoms with Crippen LogP contribution >= 0.6 is 0 Å². The highest BCUT2D eigenvalue weighted by molar-refractivity contribution is 6.18. The Balaban J connectivity index is 1.50. The lowest BCUT2D eigenvalue weighted by atomic mass is 10.0. The van der Waals surface area contributed by atoms with Gasteiger partial charge in [0.05, 0.1) is 37.4 Å². The minimum Gasteiger partial charge on any atom is -0.493 e.